The van der Waals surface area contributed by atoms with E-state index >= 15 is 0 Å². The number of aromatic nitrogens is 3. The molecule has 9 heteroatoms. The van der Waals surface area contributed by atoms with Gasteiger partial charge in [0, 0.05) is 17.8 Å². The van der Waals surface area contributed by atoms with Gasteiger partial charge in [0.1, 0.15) is 17.5 Å². The van der Waals surface area contributed by atoms with E-state index in [4.69, 9.17) is 16.3 Å². The molecule has 0 bridgehead atoms. The van der Waals surface area contributed by atoms with Crippen LogP contribution in [-0.4, -0.2) is 27.5 Å². The molecule has 6 nitrogen and oxygen atoms in total. The number of ether oxygens (including phenoxy) is 1. The highest BCUT2D eigenvalue weighted by molar-refractivity contribution is 6.28. The Hall–Kier alpha value is -2.87. The molecule has 0 spiro atoms. The normalized spacial score (nSPS) is 24.9. The number of amides is 1. The number of halogens is 3. The van der Waals surface area contributed by atoms with Crippen LogP contribution in [0.15, 0.2) is 48.6 Å². The molecule has 0 aromatic carbocycles. The fraction of sp³-hybridized carbons (Fsp3) is 0.333. The van der Waals surface area contributed by atoms with E-state index in [-0.39, 0.29) is 41.8 Å². The Kier molecular flexibility index (Phi) is 5.51. The SMILES string of the molecule is Cc1nc(Cl)ncc1OC[C@@]1(C2C=CC=C(F)C2)C[C@H]1C(=O)Nc1ccc(F)cn1. The third kappa shape index (κ3) is 4.18. The molecule has 30 heavy (non-hydrogen) atoms. The Bertz CT molecular complexity index is 1030. The summed E-state index contributed by atoms with van der Waals surface area (Å²) in [5, 5.41) is 2.82. The van der Waals surface area contributed by atoms with Gasteiger partial charge in [-0.2, -0.15) is 0 Å². The largest absolute Gasteiger partial charge is 0.489 e. The molecule has 1 saturated carbocycles. The van der Waals surface area contributed by atoms with Crippen LogP contribution in [0.2, 0.25) is 5.28 Å². The smallest absolute Gasteiger partial charge is 0.229 e. The van der Waals surface area contributed by atoms with Crippen LogP contribution in [0.5, 0.6) is 5.75 Å². The Morgan fingerprint density at radius 2 is 2.17 bits per heavy atom. The van der Waals surface area contributed by atoms with Gasteiger partial charge >= 0.3 is 0 Å². The number of nitrogens with zero attached hydrogens (tertiary/aromatic N) is 3. The van der Waals surface area contributed by atoms with E-state index in [9.17, 15) is 13.6 Å². The van der Waals surface area contributed by atoms with Gasteiger partial charge in [0.25, 0.3) is 0 Å². The lowest BCUT2D eigenvalue weighted by Crippen LogP contribution is -2.30. The molecule has 2 aliphatic rings. The second kappa shape index (κ2) is 8.10. The first-order valence-electron chi connectivity index (χ1n) is 9.44. The van der Waals surface area contributed by atoms with Crippen LogP contribution in [-0.2, 0) is 4.79 Å². The topological polar surface area (TPSA) is 77.0 Å². The average Bonchev–Trinajstić information content (AvgIpc) is 3.45. The van der Waals surface area contributed by atoms with Crippen LogP contribution in [0, 0.1) is 30.0 Å². The second-order valence-electron chi connectivity index (χ2n) is 7.53. The fourth-order valence-corrected chi connectivity index (χ4v) is 4.01. The highest BCUT2D eigenvalue weighted by Crippen LogP contribution is 2.60. The van der Waals surface area contributed by atoms with Gasteiger partial charge in [-0.3, -0.25) is 4.79 Å². The molecule has 156 valence electrons. The van der Waals surface area contributed by atoms with Gasteiger partial charge in [-0.15, -0.1) is 0 Å². The fourth-order valence-electron chi connectivity index (χ4n) is 3.83. The van der Waals surface area contributed by atoms with Crippen molar-refractivity contribution in [3.05, 3.63) is 65.4 Å². The van der Waals surface area contributed by atoms with E-state index in [0.29, 0.717) is 17.9 Å². The Labute approximate surface area is 177 Å². The zero-order chi connectivity index (χ0) is 21.3. The zero-order valence-electron chi connectivity index (χ0n) is 16.1. The molecule has 2 heterocycles. The minimum Gasteiger partial charge on any atom is -0.489 e. The highest BCUT2D eigenvalue weighted by atomic mass is 35.5. The standard InChI is InChI=1S/C21H19ClF2N4O2/c1-12-17(10-26-20(22)27-12)30-11-21(13-3-2-4-14(23)7-13)8-16(21)19(29)28-18-6-5-15(24)9-25-18/h2-6,9-10,13,16H,7-8,11H2,1H3,(H,25,28,29)/t13?,16-,21+/m0/s1. The molecule has 2 aliphatic carbocycles. The van der Waals surface area contributed by atoms with Crippen LogP contribution in [0.1, 0.15) is 18.5 Å². The number of aryl methyl sites for hydroxylation is 1. The molecule has 3 atom stereocenters. The predicted molar refractivity (Wildman–Crippen MR) is 107 cm³/mol. The summed E-state index contributed by atoms with van der Waals surface area (Å²) in [6, 6.07) is 2.62. The summed E-state index contributed by atoms with van der Waals surface area (Å²) >= 11 is 5.79. The summed E-state index contributed by atoms with van der Waals surface area (Å²) in [4.78, 5) is 24.7. The lowest BCUT2D eigenvalue weighted by Gasteiger charge is -2.27. The number of hydrogen-bond acceptors (Lipinski definition) is 5. The van der Waals surface area contributed by atoms with E-state index < -0.39 is 17.2 Å². The lowest BCUT2D eigenvalue weighted by atomic mass is 9.82. The third-order valence-electron chi connectivity index (χ3n) is 5.59. The van der Waals surface area contributed by atoms with Crippen molar-refractivity contribution in [1.82, 2.24) is 15.0 Å². The van der Waals surface area contributed by atoms with Crippen LogP contribution in [0.25, 0.3) is 0 Å². The number of hydrogen-bond donors (Lipinski definition) is 1. The molecular weight excluding hydrogens is 414 g/mol. The number of carbonyl (C=O) groups is 1. The van der Waals surface area contributed by atoms with Crippen molar-refractivity contribution in [3.63, 3.8) is 0 Å². The number of anilines is 1. The zero-order valence-corrected chi connectivity index (χ0v) is 16.9. The quantitative estimate of drug-likeness (QED) is 0.683. The van der Waals surface area contributed by atoms with Crippen molar-refractivity contribution in [1.29, 1.82) is 0 Å². The molecule has 0 radical (unpaired) electrons. The average molecular weight is 433 g/mol. The summed E-state index contributed by atoms with van der Waals surface area (Å²) in [6.45, 7) is 1.94. The van der Waals surface area contributed by atoms with Gasteiger partial charge in [-0.25, -0.2) is 23.7 Å². The maximum absolute atomic E-state index is 14.0. The summed E-state index contributed by atoms with van der Waals surface area (Å²) in [6.07, 6.45) is 8.23. The van der Waals surface area contributed by atoms with Gasteiger partial charge < -0.3 is 10.1 Å². The Morgan fingerprint density at radius 1 is 1.33 bits per heavy atom. The summed E-state index contributed by atoms with van der Waals surface area (Å²) in [5.74, 6) is -0.871. The number of carbonyl (C=O) groups excluding carboxylic acids is 1. The van der Waals surface area contributed by atoms with E-state index in [2.05, 4.69) is 20.3 Å². The number of pyridine rings is 1. The molecule has 2 aromatic rings. The molecule has 1 N–H and O–H groups in total. The van der Waals surface area contributed by atoms with E-state index in [1.807, 2.05) is 6.08 Å². The van der Waals surface area contributed by atoms with Crippen LogP contribution < -0.4 is 10.1 Å². The van der Waals surface area contributed by atoms with Crippen molar-refractivity contribution in [2.24, 2.45) is 17.3 Å². The van der Waals surface area contributed by atoms with Crippen molar-refractivity contribution < 1.29 is 18.3 Å². The van der Waals surface area contributed by atoms with Crippen molar-refractivity contribution in [3.8, 4) is 5.75 Å². The summed E-state index contributed by atoms with van der Waals surface area (Å²) in [5.41, 5.74) is -0.00857. The van der Waals surface area contributed by atoms with Crippen LogP contribution >= 0.6 is 11.6 Å². The van der Waals surface area contributed by atoms with Crippen molar-refractivity contribution in [2.75, 3.05) is 11.9 Å². The van der Waals surface area contributed by atoms with Crippen molar-refractivity contribution in [2.45, 2.75) is 19.8 Å². The first kappa shape index (κ1) is 20.4. The summed E-state index contributed by atoms with van der Waals surface area (Å²) in [7, 11) is 0. The number of nitrogens with one attached hydrogen (secondary N) is 1. The van der Waals surface area contributed by atoms with Gasteiger partial charge in [-0.05, 0) is 49.1 Å². The molecule has 1 fully saturated rings. The Morgan fingerprint density at radius 3 is 2.87 bits per heavy atom. The van der Waals surface area contributed by atoms with Gasteiger partial charge in [0.15, 0.2) is 5.75 Å². The predicted octanol–water partition coefficient (Wildman–Crippen LogP) is 4.43. The highest BCUT2D eigenvalue weighted by Gasteiger charge is 2.62. The lowest BCUT2D eigenvalue weighted by molar-refractivity contribution is -0.118. The Balaban J connectivity index is 1.52. The maximum atomic E-state index is 14.0. The van der Waals surface area contributed by atoms with Gasteiger partial charge in [0.05, 0.1) is 24.7 Å². The first-order chi connectivity index (χ1) is 14.4. The van der Waals surface area contributed by atoms with E-state index in [1.54, 1.807) is 13.0 Å². The molecule has 0 saturated heterocycles. The van der Waals surface area contributed by atoms with Crippen LogP contribution in [0.3, 0.4) is 0 Å². The molecule has 1 unspecified atom stereocenters. The summed E-state index contributed by atoms with van der Waals surface area (Å²) < 4.78 is 33.0. The molecule has 2 aromatic heterocycles. The third-order valence-corrected chi connectivity index (χ3v) is 5.77. The van der Waals surface area contributed by atoms with Gasteiger partial charge in [-0.1, -0.05) is 12.2 Å². The van der Waals surface area contributed by atoms with Crippen LogP contribution in [0.4, 0.5) is 14.6 Å². The minimum atomic E-state index is -0.585. The first-order valence-corrected chi connectivity index (χ1v) is 9.82. The number of allylic oxidation sites excluding steroid dienone is 4. The van der Waals surface area contributed by atoms with E-state index in [0.717, 1.165) is 6.20 Å². The molecular formula is C21H19ClF2N4O2. The molecule has 1 amide bonds. The monoisotopic (exact) mass is 432 g/mol. The second-order valence-corrected chi connectivity index (χ2v) is 7.87. The van der Waals surface area contributed by atoms with Crippen molar-refractivity contribution >= 4 is 23.3 Å². The minimum absolute atomic E-state index is 0.118. The van der Waals surface area contributed by atoms with Gasteiger partial charge in [0.2, 0.25) is 11.2 Å². The number of rotatable bonds is 6. The van der Waals surface area contributed by atoms with E-state index in [1.165, 1.54) is 24.4 Å². The molecule has 0 aliphatic heterocycles. The maximum Gasteiger partial charge on any atom is 0.229 e. The molecule has 4 rings (SSSR count).